The first-order valence-corrected chi connectivity index (χ1v) is 11.1. The van der Waals surface area contributed by atoms with Crippen LogP contribution in [0.5, 0.6) is 5.75 Å². The minimum Gasteiger partial charge on any atom is -0.492 e. The lowest BCUT2D eigenvalue weighted by Gasteiger charge is -2.27. The molecule has 32 heavy (non-hydrogen) atoms. The van der Waals surface area contributed by atoms with Gasteiger partial charge in [0.2, 0.25) is 0 Å². The van der Waals surface area contributed by atoms with E-state index < -0.39 is 0 Å². The van der Waals surface area contributed by atoms with Crippen molar-refractivity contribution in [3.8, 4) is 16.9 Å². The van der Waals surface area contributed by atoms with Crippen molar-refractivity contribution in [3.63, 3.8) is 0 Å². The third-order valence-corrected chi connectivity index (χ3v) is 5.96. The highest BCUT2D eigenvalue weighted by atomic mass is 16.5. The van der Waals surface area contributed by atoms with Crippen LogP contribution in [0.3, 0.4) is 0 Å². The smallest absolute Gasteiger partial charge is 0.138 e. The Bertz CT molecular complexity index is 1080. The average Bonchev–Trinajstić information content (AvgIpc) is 2.85. The summed E-state index contributed by atoms with van der Waals surface area (Å²) in [6.45, 7) is 6.07. The van der Waals surface area contributed by atoms with E-state index in [1.807, 2.05) is 18.3 Å². The topological polar surface area (TPSA) is 50.2 Å². The van der Waals surface area contributed by atoms with Crippen molar-refractivity contribution in [1.82, 2.24) is 14.8 Å². The molecule has 0 aliphatic carbocycles. The summed E-state index contributed by atoms with van der Waals surface area (Å²) in [4.78, 5) is 13.7. The molecule has 1 aromatic heterocycles. The maximum atomic E-state index is 5.95. The number of aromatic nitrogens is 1. The Balaban J connectivity index is 1.26. The van der Waals surface area contributed by atoms with Crippen LogP contribution >= 0.6 is 0 Å². The van der Waals surface area contributed by atoms with Gasteiger partial charge in [0.1, 0.15) is 18.2 Å². The summed E-state index contributed by atoms with van der Waals surface area (Å²) in [5, 5.41) is 0. The van der Waals surface area contributed by atoms with Gasteiger partial charge in [0.05, 0.1) is 18.9 Å². The van der Waals surface area contributed by atoms with E-state index in [-0.39, 0.29) is 0 Å². The van der Waals surface area contributed by atoms with Gasteiger partial charge in [-0.2, -0.15) is 0 Å². The molecule has 1 fully saturated rings. The molecule has 0 bridgehead atoms. The Morgan fingerprint density at radius 2 is 1.78 bits per heavy atom. The number of morpholine rings is 1. The van der Waals surface area contributed by atoms with Gasteiger partial charge in [-0.15, -0.1) is 0 Å². The quantitative estimate of drug-likeness (QED) is 0.594. The number of hydrogen-bond donors (Lipinski definition) is 0. The molecule has 2 aromatic carbocycles. The number of pyridine rings is 1. The molecule has 0 atom stereocenters. The molecule has 3 heterocycles. The molecular formula is C26H28N4O2. The molecule has 0 N–H and O–H groups in total. The molecule has 0 radical (unpaired) electrons. The fraction of sp³-hybridized carbons (Fsp3) is 0.308. The van der Waals surface area contributed by atoms with Gasteiger partial charge in [0, 0.05) is 51.2 Å². The van der Waals surface area contributed by atoms with Crippen molar-refractivity contribution in [2.24, 2.45) is 4.99 Å². The van der Waals surface area contributed by atoms with E-state index in [0.29, 0.717) is 6.61 Å². The lowest BCUT2D eigenvalue weighted by atomic mass is 10.0. The first kappa shape index (κ1) is 20.7. The third-order valence-electron chi connectivity index (χ3n) is 5.96. The minimum absolute atomic E-state index is 0.696. The van der Waals surface area contributed by atoms with Gasteiger partial charge in [-0.25, -0.2) is 4.99 Å². The maximum absolute atomic E-state index is 5.95. The van der Waals surface area contributed by atoms with Gasteiger partial charge in [-0.1, -0.05) is 18.2 Å². The van der Waals surface area contributed by atoms with E-state index in [1.165, 1.54) is 16.7 Å². The first-order chi connectivity index (χ1) is 15.8. The van der Waals surface area contributed by atoms with E-state index in [4.69, 9.17) is 14.5 Å². The predicted molar refractivity (Wildman–Crippen MR) is 127 cm³/mol. The molecule has 1 saturated heterocycles. The van der Waals surface area contributed by atoms with Crippen LogP contribution in [0.15, 0.2) is 72.0 Å². The molecule has 0 amide bonds. The SMILES string of the molecule is CN1Cc2cc(-c3ccc(OCCN4CCOCC4)cc3)ccc2N=C1c1cccnc1. The predicted octanol–water partition coefficient (Wildman–Crippen LogP) is 3.98. The van der Waals surface area contributed by atoms with Gasteiger partial charge in [0.25, 0.3) is 0 Å². The Kier molecular flexibility index (Phi) is 6.14. The summed E-state index contributed by atoms with van der Waals surface area (Å²) in [5.41, 5.74) is 5.65. The fourth-order valence-corrected chi connectivity index (χ4v) is 4.17. The second kappa shape index (κ2) is 9.51. The summed E-state index contributed by atoms with van der Waals surface area (Å²) >= 11 is 0. The summed E-state index contributed by atoms with van der Waals surface area (Å²) in [7, 11) is 2.07. The van der Waals surface area contributed by atoms with Crippen molar-refractivity contribution < 1.29 is 9.47 Å². The van der Waals surface area contributed by atoms with Crippen LogP contribution in [0.25, 0.3) is 11.1 Å². The van der Waals surface area contributed by atoms with Gasteiger partial charge in [-0.05, 0) is 53.1 Å². The second-order valence-corrected chi connectivity index (χ2v) is 8.20. The summed E-state index contributed by atoms with van der Waals surface area (Å²) in [6, 6.07) is 18.9. The molecule has 6 nitrogen and oxygen atoms in total. The highest BCUT2D eigenvalue weighted by Gasteiger charge is 2.19. The van der Waals surface area contributed by atoms with Crippen molar-refractivity contribution in [3.05, 3.63) is 78.1 Å². The zero-order valence-corrected chi connectivity index (χ0v) is 18.4. The second-order valence-electron chi connectivity index (χ2n) is 8.20. The molecule has 0 unspecified atom stereocenters. The normalized spacial score (nSPS) is 16.4. The van der Waals surface area contributed by atoms with Crippen LogP contribution in [-0.2, 0) is 11.3 Å². The first-order valence-electron chi connectivity index (χ1n) is 11.1. The number of rotatable bonds is 6. The molecule has 0 spiro atoms. The number of fused-ring (bicyclic) bond motifs is 1. The summed E-state index contributed by atoms with van der Waals surface area (Å²) < 4.78 is 11.3. The van der Waals surface area contributed by atoms with Gasteiger partial charge < -0.3 is 14.4 Å². The van der Waals surface area contributed by atoms with E-state index in [1.54, 1.807) is 6.20 Å². The summed E-state index contributed by atoms with van der Waals surface area (Å²) in [6.07, 6.45) is 3.65. The molecule has 6 heteroatoms. The van der Waals surface area contributed by atoms with Crippen molar-refractivity contribution in [2.75, 3.05) is 46.5 Å². The van der Waals surface area contributed by atoms with Crippen LogP contribution in [0.4, 0.5) is 5.69 Å². The highest BCUT2D eigenvalue weighted by Crippen LogP contribution is 2.32. The molecule has 0 saturated carbocycles. The molecule has 3 aromatic rings. The van der Waals surface area contributed by atoms with E-state index in [9.17, 15) is 0 Å². The molecule has 2 aliphatic rings. The van der Waals surface area contributed by atoms with Crippen molar-refractivity contribution >= 4 is 11.5 Å². The van der Waals surface area contributed by atoms with Crippen LogP contribution in [0, 0.1) is 0 Å². The zero-order valence-electron chi connectivity index (χ0n) is 18.4. The number of aliphatic imine (C=N–C) groups is 1. The van der Waals surface area contributed by atoms with Crippen molar-refractivity contribution in [1.29, 1.82) is 0 Å². The van der Waals surface area contributed by atoms with E-state index >= 15 is 0 Å². The van der Waals surface area contributed by atoms with Crippen LogP contribution in [0.2, 0.25) is 0 Å². The molecular weight excluding hydrogens is 400 g/mol. The Hall–Kier alpha value is -3.22. The van der Waals surface area contributed by atoms with Crippen molar-refractivity contribution in [2.45, 2.75) is 6.54 Å². The number of nitrogens with zero attached hydrogens (tertiary/aromatic N) is 4. The zero-order chi connectivity index (χ0) is 21.8. The monoisotopic (exact) mass is 428 g/mol. The third kappa shape index (κ3) is 4.66. The van der Waals surface area contributed by atoms with E-state index in [2.05, 4.69) is 64.3 Å². The largest absolute Gasteiger partial charge is 0.492 e. The molecule has 5 rings (SSSR count). The number of benzene rings is 2. The Morgan fingerprint density at radius 3 is 2.56 bits per heavy atom. The number of ether oxygens (including phenoxy) is 2. The lowest BCUT2D eigenvalue weighted by molar-refractivity contribution is 0.0322. The fourth-order valence-electron chi connectivity index (χ4n) is 4.17. The lowest BCUT2D eigenvalue weighted by Crippen LogP contribution is -2.38. The van der Waals surface area contributed by atoms with Crippen LogP contribution in [-0.4, -0.2) is 67.1 Å². The maximum Gasteiger partial charge on any atom is 0.138 e. The molecule has 164 valence electrons. The van der Waals surface area contributed by atoms with Crippen LogP contribution in [0.1, 0.15) is 11.1 Å². The average molecular weight is 429 g/mol. The number of hydrogen-bond acceptors (Lipinski definition) is 6. The van der Waals surface area contributed by atoms with Gasteiger partial charge in [0.15, 0.2) is 0 Å². The van der Waals surface area contributed by atoms with Gasteiger partial charge >= 0.3 is 0 Å². The number of amidine groups is 1. The van der Waals surface area contributed by atoms with Gasteiger partial charge in [-0.3, -0.25) is 9.88 Å². The molecule has 2 aliphatic heterocycles. The minimum atomic E-state index is 0.696. The summed E-state index contributed by atoms with van der Waals surface area (Å²) in [5.74, 6) is 1.86. The van der Waals surface area contributed by atoms with Crippen LogP contribution < -0.4 is 4.74 Å². The highest BCUT2D eigenvalue weighted by molar-refractivity contribution is 6.01. The standard InChI is InChI=1S/C26H28N4O2/c1-29-19-23-17-21(6-9-25(23)28-26(29)22-3-2-10-27-18-22)20-4-7-24(8-5-20)32-16-13-30-11-14-31-15-12-30/h2-10,17-18H,11-16,19H2,1H3. The van der Waals surface area contributed by atoms with E-state index in [0.717, 1.165) is 62.2 Å². The Morgan fingerprint density at radius 1 is 0.969 bits per heavy atom. The Labute approximate surface area is 189 Å².